The number of hydrogen-bond acceptors (Lipinski definition) is 4. The van der Waals surface area contributed by atoms with Crippen LogP contribution in [0.25, 0.3) is 0 Å². The Morgan fingerprint density at radius 3 is 2.71 bits per heavy atom. The number of nitrogens with one attached hydrogen (secondary N) is 1. The van der Waals surface area contributed by atoms with Gasteiger partial charge in [-0.1, -0.05) is 0 Å². The Bertz CT molecular complexity index is 528. The standard InChI is InChI=1S/C13H15F3N2O3/c1-8(12-3-2-6-21-12)17-10-5-4-9(13(14,15)16)7-11(10)18(19)20/h4-5,7-8,12,17H,2-3,6H2,1H3. The Kier molecular flexibility index (Phi) is 4.36. The summed E-state index contributed by atoms with van der Waals surface area (Å²) in [6.07, 6.45) is -2.97. The van der Waals surface area contributed by atoms with Crippen LogP contribution in [0.5, 0.6) is 0 Å². The Labute approximate surface area is 119 Å². The Balaban J connectivity index is 2.24. The molecule has 21 heavy (non-hydrogen) atoms. The SMILES string of the molecule is CC(Nc1ccc(C(F)(F)F)cc1[N+](=O)[O-])C1CCCO1. The van der Waals surface area contributed by atoms with E-state index in [1.165, 1.54) is 0 Å². The smallest absolute Gasteiger partial charge is 0.376 e. The lowest BCUT2D eigenvalue weighted by Gasteiger charge is -2.21. The van der Waals surface area contributed by atoms with Crippen LogP contribution in [0.3, 0.4) is 0 Å². The third-order valence-corrected chi connectivity index (χ3v) is 3.43. The number of benzene rings is 1. The highest BCUT2D eigenvalue weighted by Gasteiger charge is 2.33. The molecule has 1 aliphatic rings. The minimum Gasteiger partial charge on any atom is -0.376 e. The molecule has 1 fully saturated rings. The highest BCUT2D eigenvalue weighted by Crippen LogP contribution is 2.35. The molecule has 0 aromatic heterocycles. The van der Waals surface area contributed by atoms with E-state index in [9.17, 15) is 23.3 Å². The fraction of sp³-hybridized carbons (Fsp3) is 0.538. The first-order chi connectivity index (χ1) is 9.79. The number of alkyl halides is 3. The molecule has 0 spiro atoms. The van der Waals surface area contributed by atoms with Crippen molar-refractivity contribution < 1.29 is 22.8 Å². The molecular weight excluding hydrogens is 289 g/mol. The highest BCUT2D eigenvalue weighted by atomic mass is 19.4. The van der Waals surface area contributed by atoms with Crippen molar-refractivity contribution in [1.29, 1.82) is 0 Å². The van der Waals surface area contributed by atoms with Crippen LogP contribution < -0.4 is 5.32 Å². The van der Waals surface area contributed by atoms with Crippen LogP contribution in [0.15, 0.2) is 18.2 Å². The highest BCUT2D eigenvalue weighted by molar-refractivity contribution is 5.63. The maximum Gasteiger partial charge on any atom is 0.416 e. The fourth-order valence-electron chi connectivity index (χ4n) is 2.32. The summed E-state index contributed by atoms with van der Waals surface area (Å²) in [5.74, 6) is 0. The van der Waals surface area contributed by atoms with Crippen LogP contribution in [0, 0.1) is 10.1 Å². The van der Waals surface area contributed by atoms with Crippen LogP contribution in [-0.4, -0.2) is 23.7 Å². The second-order valence-corrected chi connectivity index (χ2v) is 4.97. The van der Waals surface area contributed by atoms with Crippen molar-refractivity contribution in [2.75, 3.05) is 11.9 Å². The summed E-state index contributed by atoms with van der Waals surface area (Å²) in [7, 11) is 0. The lowest BCUT2D eigenvalue weighted by Crippen LogP contribution is -2.30. The lowest BCUT2D eigenvalue weighted by molar-refractivity contribution is -0.384. The van der Waals surface area contributed by atoms with Crippen molar-refractivity contribution in [3.63, 3.8) is 0 Å². The fourth-order valence-corrected chi connectivity index (χ4v) is 2.32. The minimum absolute atomic E-state index is 0.0657. The monoisotopic (exact) mass is 304 g/mol. The van der Waals surface area contributed by atoms with Crippen LogP contribution >= 0.6 is 0 Å². The van der Waals surface area contributed by atoms with Gasteiger partial charge in [0.25, 0.3) is 5.69 Å². The molecule has 5 nitrogen and oxygen atoms in total. The van der Waals surface area contributed by atoms with Gasteiger partial charge >= 0.3 is 6.18 Å². The van der Waals surface area contributed by atoms with Crippen molar-refractivity contribution >= 4 is 11.4 Å². The van der Waals surface area contributed by atoms with Gasteiger partial charge in [0.2, 0.25) is 0 Å². The normalized spacial score (nSPS) is 20.3. The first-order valence-electron chi connectivity index (χ1n) is 6.53. The molecule has 0 radical (unpaired) electrons. The first kappa shape index (κ1) is 15.6. The molecule has 8 heteroatoms. The van der Waals surface area contributed by atoms with Gasteiger partial charge in [0.15, 0.2) is 0 Å². The summed E-state index contributed by atoms with van der Waals surface area (Å²) < 4.78 is 43.3. The summed E-state index contributed by atoms with van der Waals surface area (Å²) in [6, 6.07) is 2.25. The van der Waals surface area contributed by atoms with Crippen LogP contribution in [0.1, 0.15) is 25.3 Å². The average molecular weight is 304 g/mol. The second kappa shape index (κ2) is 5.88. The van der Waals surface area contributed by atoms with Gasteiger partial charge in [-0.3, -0.25) is 10.1 Å². The predicted octanol–water partition coefficient (Wildman–Crippen LogP) is 3.59. The van der Waals surface area contributed by atoms with Crippen LogP contribution in [-0.2, 0) is 10.9 Å². The summed E-state index contributed by atoms with van der Waals surface area (Å²) in [5.41, 5.74) is -1.56. The van der Waals surface area contributed by atoms with E-state index in [0.29, 0.717) is 12.7 Å². The van der Waals surface area contributed by atoms with Crippen molar-refractivity contribution in [1.82, 2.24) is 0 Å². The molecule has 1 saturated heterocycles. The molecule has 1 aromatic rings. The zero-order valence-electron chi connectivity index (χ0n) is 11.3. The van der Waals surface area contributed by atoms with Gasteiger partial charge in [-0.25, -0.2) is 0 Å². The number of anilines is 1. The van der Waals surface area contributed by atoms with E-state index in [1.54, 1.807) is 6.92 Å². The Morgan fingerprint density at radius 1 is 1.48 bits per heavy atom. The van der Waals surface area contributed by atoms with E-state index < -0.39 is 22.4 Å². The van der Waals surface area contributed by atoms with Gasteiger partial charge in [-0.05, 0) is 31.9 Å². The maximum absolute atomic E-state index is 12.6. The van der Waals surface area contributed by atoms with Gasteiger partial charge in [-0.2, -0.15) is 13.2 Å². The van der Waals surface area contributed by atoms with Crippen LogP contribution in [0.4, 0.5) is 24.5 Å². The van der Waals surface area contributed by atoms with E-state index in [0.717, 1.165) is 25.0 Å². The third kappa shape index (κ3) is 3.63. The summed E-state index contributed by atoms with van der Waals surface area (Å²) in [6.45, 7) is 2.42. The quantitative estimate of drug-likeness (QED) is 0.682. The summed E-state index contributed by atoms with van der Waals surface area (Å²) >= 11 is 0. The topological polar surface area (TPSA) is 64.4 Å². The van der Waals surface area contributed by atoms with E-state index in [2.05, 4.69) is 5.32 Å². The molecule has 2 atom stereocenters. The van der Waals surface area contributed by atoms with Gasteiger partial charge in [-0.15, -0.1) is 0 Å². The van der Waals surface area contributed by atoms with E-state index in [1.807, 2.05) is 0 Å². The lowest BCUT2D eigenvalue weighted by atomic mass is 10.1. The average Bonchev–Trinajstić information content (AvgIpc) is 2.91. The number of rotatable bonds is 4. The Hall–Kier alpha value is -1.83. The molecule has 2 rings (SSSR count). The maximum atomic E-state index is 12.6. The zero-order valence-corrected chi connectivity index (χ0v) is 11.3. The minimum atomic E-state index is -4.61. The zero-order chi connectivity index (χ0) is 15.6. The van der Waals surface area contributed by atoms with Gasteiger partial charge in [0.1, 0.15) is 5.69 Å². The van der Waals surface area contributed by atoms with Gasteiger partial charge < -0.3 is 10.1 Å². The number of nitro benzene ring substituents is 1. The van der Waals surface area contributed by atoms with E-state index in [-0.39, 0.29) is 17.8 Å². The molecule has 0 aliphatic carbocycles. The molecule has 0 bridgehead atoms. The van der Waals surface area contributed by atoms with E-state index >= 15 is 0 Å². The third-order valence-electron chi connectivity index (χ3n) is 3.43. The summed E-state index contributed by atoms with van der Waals surface area (Å²) in [4.78, 5) is 10.2. The second-order valence-electron chi connectivity index (χ2n) is 4.97. The van der Waals surface area contributed by atoms with Gasteiger partial charge in [0.05, 0.1) is 16.6 Å². The number of halogens is 3. The number of nitrogens with zero attached hydrogens (tertiary/aromatic N) is 1. The largest absolute Gasteiger partial charge is 0.416 e. The van der Waals surface area contributed by atoms with Crippen molar-refractivity contribution in [2.24, 2.45) is 0 Å². The summed E-state index contributed by atoms with van der Waals surface area (Å²) in [5, 5.41) is 13.8. The molecule has 1 aliphatic heterocycles. The first-order valence-corrected chi connectivity index (χ1v) is 6.53. The predicted molar refractivity (Wildman–Crippen MR) is 70.2 cm³/mol. The molecule has 1 N–H and O–H groups in total. The van der Waals surface area contributed by atoms with Crippen LogP contribution in [0.2, 0.25) is 0 Å². The number of hydrogen-bond donors (Lipinski definition) is 1. The molecule has 1 heterocycles. The molecule has 0 amide bonds. The molecule has 116 valence electrons. The number of ether oxygens (including phenoxy) is 1. The van der Waals surface area contributed by atoms with Crippen molar-refractivity contribution in [3.05, 3.63) is 33.9 Å². The van der Waals surface area contributed by atoms with Crippen molar-refractivity contribution in [2.45, 2.75) is 38.1 Å². The van der Waals surface area contributed by atoms with Gasteiger partial charge in [0, 0.05) is 18.7 Å². The van der Waals surface area contributed by atoms with Crippen molar-refractivity contribution in [3.8, 4) is 0 Å². The molecule has 1 aromatic carbocycles. The Morgan fingerprint density at radius 2 is 2.19 bits per heavy atom. The molecule has 2 unspecified atom stereocenters. The number of nitro groups is 1. The van der Waals surface area contributed by atoms with E-state index in [4.69, 9.17) is 4.74 Å². The molecule has 0 saturated carbocycles. The molecular formula is C13H15F3N2O3.